The highest BCUT2D eigenvalue weighted by Crippen LogP contribution is 2.46. The standard InChI is InChI=1S/C26H22N2/c1-26(2)21-15-9-17-23(24(21)28-25(26)19-11-4-3-5-12-19)27-22-16-8-13-18-10-6-7-14-20(18)22/h3-17,27H,1-2H3. The maximum absolute atomic E-state index is 5.10. The van der Waals surface area contributed by atoms with Crippen molar-refractivity contribution in [1.29, 1.82) is 0 Å². The normalized spacial score (nSPS) is 14.6. The molecule has 5 rings (SSSR count). The van der Waals surface area contributed by atoms with Crippen molar-refractivity contribution < 1.29 is 0 Å². The first kappa shape index (κ1) is 16.8. The molecule has 0 saturated carbocycles. The summed E-state index contributed by atoms with van der Waals surface area (Å²) in [5, 5.41) is 6.10. The predicted molar refractivity (Wildman–Crippen MR) is 119 cm³/mol. The van der Waals surface area contributed by atoms with Crippen LogP contribution in [0.3, 0.4) is 0 Å². The summed E-state index contributed by atoms with van der Waals surface area (Å²) in [6.45, 7) is 4.51. The molecular formula is C26H22N2. The van der Waals surface area contributed by atoms with E-state index in [-0.39, 0.29) is 5.41 Å². The number of fused-ring (bicyclic) bond motifs is 2. The molecule has 0 unspecified atom stereocenters. The average molecular weight is 362 g/mol. The smallest absolute Gasteiger partial charge is 0.0909 e. The van der Waals surface area contributed by atoms with Gasteiger partial charge in [0.15, 0.2) is 0 Å². The Morgan fingerprint density at radius 1 is 0.679 bits per heavy atom. The summed E-state index contributed by atoms with van der Waals surface area (Å²) < 4.78 is 0. The molecule has 4 aromatic carbocycles. The highest BCUT2D eigenvalue weighted by molar-refractivity contribution is 6.13. The Kier molecular flexibility index (Phi) is 3.80. The number of benzene rings is 4. The van der Waals surface area contributed by atoms with Gasteiger partial charge in [-0.05, 0) is 28.6 Å². The molecule has 0 amide bonds. The summed E-state index contributed by atoms with van der Waals surface area (Å²) in [5.41, 5.74) is 6.62. The number of aliphatic imine (C=N–C) groups is 1. The van der Waals surface area contributed by atoms with E-state index in [2.05, 4.69) is 104 Å². The van der Waals surface area contributed by atoms with Crippen LogP contribution < -0.4 is 5.32 Å². The lowest BCUT2D eigenvalue weighted by molar-refractivity contribution is 0.738. The Morgan fingerprint density at radius 2 is 1.36 bits per heavy atom. The molecule has 1 N–H and O–H groups in total. The van der Waals surface area contributed by atoms with Gasteiger partial charge in [-0.3, -0.25) is 0 Å². The van der Waals surface area contributed by atoms with Gasteiger partial charge in [-0.25, -0.2) is 4.99 Å². The SMILES string of the molecule is CC1(C)C(c2ccccc2)=Nc2c(Nc3cccc4ccccc34)cccc21. The number of anilines is 2. The second-order valence-corrected chi connectivity index (χ2v) is 7.80. The molecule has 1 heterocycles. The molecule has 0 radical (unpaired) electrons. The molecule has 0 saturated heterocycles. The summed E-state index contributed by atoms with van der Waals surface area (Å²) in [6.07, 6.45) is 0. The maximum atomic E-state index is 5.10. The van der Waals surface area contributed by atoms with Crippen LogP contribution in [0.15, 0.2) is 96.0 Å². The van der Waals surface area contributed by atoms with Crippen molar-refractivity contribution >= 4 is 33.5 Å². The van der Waals surface area contributed by atoms with E-state index in [1.54, 1.807) is 0 Å². The molecule has 1 aliphatic rings. The van der Waals surface area contributed by atoms with E-state index in [0.717, 1.165) is 22.8 Å². The quantitative estimate of drug-likeness (QED) is 0.417. The largest absolute Gasteiger partial charge is 0.353 e. The van der Waals surface area contributed by atoms with Crippen molar-refractivity contribution in [3.05, 3.63) is 102 Å². The van der Waals surface area contributed by atoms with Gasteiger partial charge in [0.05, 0.1) is 17.1 Å². The maximum Gasteiger partial charge on any atom is 0.0909 e. The second kappa shape index (κ2) is 6.35. The molecule has 0 aromatic heterocycles. The van der Waals surface area contributed by atoms with Crippen molar-refractivity contribution in [2.45, 2.75) is 19.3 Å². The third-order valence-corrected chi connectivity index (χ3v) is 5.63. The van der Waals surface area contributed by atoms with Gasteiger partial charge >= 0.3 is 0 Å². The predicted octanol–water partition coefficient (Wildman–Crippen LogP) is 7.00. The molecule has 0 atom stereocenters. The summed E-state index contributed by atoms with van der Waals surface area (Å²) in [6, 6.07) is 31.7. The molecule has 0 spiro atoms. The summed E-state index contributed by atoms with van der Waals surface area (Å²) >= 11 is 0. The Balaban J connectivity index is 1.63. The van der Waals surface area contributed by atoms with Crippen LogP contribution in [-0.2, 0) is 5.41 Å². The first-order valence-electron chi connectivity index (χ1n) is 9.67. The highest BCUT2D eigenvalue weighted by atomic mass is 14.9. The minimum absolute atomic E-state index is 0.132. The Labute approximate surface area is 165 Å². The number of hydrogen-bond acceptors (Lipinski definition) is 2. The highest BCUT2D eigenvalue weighted by Gasteiger charge is 2.36. The molecular weight excluding hydrogens is 340 g/mol. The monoisotopic (exact) mass is 362 g/mol. The third-order valence-electron chi connectivity index (χ3n) is 5.63. The van der Waals surface area contributed by atoms with E-state index in [4.69, 9.17) is 4.99 Å². The van der Waals surface area contributed by atoms with Crippen molar-refractivity contribution in [2.75, 3.05) is 5.32 Å². The van der Waals surface area contributed by atoms with Crippen LogP contribution in [0.25, 0.3) is 10.8 Å². The van der Waals surface area contributed by atoms with Crippen molar-refractivity contribution in [3.8, 4) is 0 Å². The van der Waals surface area contributed by atoms with E-state index in [1.165, 1.54) is 21.9 Å². The van der Waals surface area contributed by atoms with Crippen LogP contribution in [0.5, 0.6) is 0 Å². The van der Waals surface area contributed by atoms with Crippen LogP contribution in [0, 0.1) is 0 Å². The number of nitrogens with zero attached hydrogens (tertiary/aromatic N) is 1. The lowest BCUT2D eigenvalue weighted by atomic mass is 9.79. The van der Waals surface area contributed by atoms with Gasteiger partial charge in [-0.1, -0.05) is 92.7 Å². The van der Waals surface area contributed by atoms with Gasteiger partial charge in [-0.2, -0.15) is 0 Å². The molecule has 28 heavy (non-hydrogen) atoms. The van der Waals surface area contributed by atoms with Gasteiger partial charge in [0.1, 0.15) is 0 Å². The molecule has 2 heteroatoms. The van der Waals surface area contributed by atoms with Crippen LogP contribution in [-0.4, -0.2) is 5.71 Å². The minimum Gasteiger partial charge on any atom is -0.353 e. The molecule has 0 aliphatic carbocycles. The molecule has 136 valence electrons. The van der Waals surface area contributed by atoms with E-state index in [9.17, 15) is 0 Å². The van der Waals surface area contributed by atoms with Gasteiger partial charge in [-0.15, -0.1) is 0 Å². The lowest BCUT2D eigenvalue weighted by Crippen LogP contribution is -2.26. The van der Waals surface area contributed by atoms with Crippen molar-refractivity contribution in [1.82, 2.24) is 0 Å². The van der Waals surface area contributed by atoms with Gasteiger partial charge in [0.2, 0.25) is 0 Å². The van der Waals surface area contributed by atoms with Crippen molar-refractivity contribution in [2.24, 2.45) is 4.99 Å². The number of hydrogen-bond donors (Lipinski definition) is 1. The zero-order valence-corrected chi connectivity index (χ0v) is 16.1. The number of nitrogens with one attached hydrogen (secondary N) is 1. The topological polar surface area (TPSA) is 24.4 Å². The summed E-state index contributed by atoms with van der Waals surface area (Å²) in [7, 11) is 0. The lowest BCUT2D eigenvalue weighted by Gasteiger charge is -2.23. The Morgan fingerprint density at radius 3 is 2.21 bits per heavy atom. The van der Waals surface area contributed by atoms with Crippen LogP contribution in [0.1, 0.15) is 25.0 Å². The van der Waals surface area contributed by atoms with Crippen LogP contribution in [0.2, 0.25) is 0 Å². The van der Waals surface area contributed by atoms with Gasteiger partial charge in [0, 0.05) is 16.5 Å². The molecule has 4 aromatic rings. The molecule has 0 bridgehead atoms. The summed E-state index contributed by atoms with van der Waals surface area (Å²) in [5.74, 6) is 0. The second-order valence-electron chi connectivity index (χ2n) is 7.80. The molecule has 2 nitrogen and oxygen atoms in total. The van der Waals surface area contributed by atoms with Gasteiger partial charge < -0.3 is 5.32 Å². The number of rotatable bonds is 3. The average Bonchev–Trinajstić information content (AvgIpc) is 3.01. The Hall–Kier alpha value is -3.39. The first-order valence-corrected chi connectivity index (χ1v) is 9.67. The van der Waals surface area contributed by atoms with Gasteiger partial charge in [0.25, 0.3) is 0 Å². The Bertz CT molecular complexity index is 1200. The molecule has 0 fully saturated rings. The zero-order valence-electron chi connectivity index (χ0n) is 16.1. The van der Waals surface area contributed by atoms with Crippen LogP contribution in [0.4, 0.5) is 17.1 Å². The minimum atomic E-state index is -0.132. The van der Waals surface area contributed by atoms with E-state index in [1.807, 2.05) is 6.07 Å². The summed E-state index contributed by atoms with van der Waals surface area (Å²) in [4.78, 5) is 5.10. The third kappa shape index (κ3) is 2.61. The van der Waals surface area contributed by atoms with Crippen LogP contribution >= 0.6 is 0 Å². The fourth-order valence-corrected chi connectivity index (χ4v) is 4.15. The van der Waals surface area contributed by atoms with Crippen molar-refractivity contribution in [3.63, 3.8) is 0 Å². The fraction of sp³-hybridized carbons (Fsp3) is 0.115. The van der Waals surface area contributed by atoms with E-state index < -0.39 is 0 Å². The fourth-order valence-electron chi connectivity index (χ4n) is 4.15. The van der Waals surface area contributed by atoms with E-state index >= 15 is 0 Å². The zero-order chi connectivity index (χ0) is 19.1. The van der Waals surface area contributed by atoms with E-state index in [0.29, 0.717) is 0 Å². The molecule has 1 aliphatic heterocycles. The number of para-hydroxylation sites is 1. The first-order chi connectivity index (χ1) is 13.6.